The SMILES string of the molecule is CCC(=O)Nc1cncc(-c2ccc3[nH]nc(-c4cc5c(-c6cccc(F)c6)ccnc5[nH]4)c3c2)c1. The van der Waals surface area contributed by atoms with E-state index in [4.69, 9.17) is 0 Å². The summed E-state index contributed by atoms with van der Waals surface area (Å²) < 4.78 is 13.9. The highest BCUT2D eigenvalue weighted by molar-refractivity contribution is 6.00. The molecule has 2 aromatic carbocycles. The van der Waals surface area contributed by atoms with E-state index in [-0.39, 0.29) is 11.7 Å². The topological polar surface area (TPSA) is 99.3 Å². The van der Waals surface area contributed by atoms with Gasteiger partial charge in [0.15, 0.2) is 0 Å². The monoisotopic (exact) mass is 476 g/mol. The van der Waals surface area contributed by atoms with Crippen molar-refractivity contribution in [2.45, 2.75) is 13.3 Å². The number of aromatic amines is 2. The van der Waals surface area contributed by atoms with Crippen LogP contribution in [0.5, 0.6) is 0 Å². The number of H-pyrrole nitrogens is 2. The summed E-state index contributed by atoms with van der Waals surface area (Å²) in [6.07, 6.45) is 5.50. The van der Waals surface area contributed by atoms with Crippen LogP contribution < -0.4 is 5.32 Å². The molecule has 0 spiro atoms. The third kappa shape index (κ3) is 3.88. The van der Waals surface area contributed by atoms with E-state index < -0.39 is 0 Å². The predicted molar refractivity (Wildman–Crippen MR) is 139 cm³/mol. The average Bonchev–Trinajstić information content (AvgIpc) is 3.52. The lowest BCUT2D eigenvalue weighted by atomic mass is 10.0. The fraction of sp³-hybridized carbons (Fsp3) is 0.0714. The van der Waals surface area contributed by atoms with Gasteiger partial charge in [-0.15, -0.1) is 0 Å². The second-order valence-corrected chi connectivity index (χ2v) is 8.51. The van der Waals surface area contributed by atoms with E-state index in [1.807, 2.05) is 49.4 Å². The molecule has 0 bridgehead atoms. The normalized spacial score (nSPS) is 11.3. The van der Waals surface area contributed by atoms with Gasteiger partial charge in [0.25, 0.3) is 0 Å². The molecule has 0 saturated heterocycles. The zero-order chi connectivity index (χ0) is 24.6. The minimum atomic E-state index is -0.285. The van der Waals surface area contributed by atoms with Gasteiger partial charge >= 0.3 is 0 Å². The molecule has 0 saturated carbocycles. The van der Waals surface area contributed by atoms with Crippen molar-refractivity contribution in [2.24, 2.45) is 0 Å². The maximum absolute atomic E-state index is 13.9. The molecule has 6 rings (SSSR count). The average molecular weight is 477 g/mol. The Labute approximate surface area is 205 Å². The molecule has 8 heteroatoms. The molecule has 7 nitrogen and oxygen atoms in total. The number of hydrogen-bond acceptors (Lipinski definition) is 4. The maximum atomic E-state index is 13.9. The van der Waals surface area contributed by atoms with Gasteiger partial charge in [0.1, 0.15) is 17.2 Å². The van der Waals surface area contributed by atoms with Gasteiger partial charge in [-0.25, -0.2) is 9.37 Å². The number of pyridine rings is 2. The van der Waals surface area contributed by atoms with Crippen LogP contribution in [0.1, 0.15) is 13.3 Å². The molecule has 1 amide bonds. The number of hydrogen-bond donors (Lipinski definition) is 3. The summed E-state index contributed by atoms with van der Waals surface area (Å²) in [5.74, 6) is -0.349. The van der Waals surface area contributed by atoms with Gasteiger partial charge in [-0.1, -0.05) is 25.1 Å². The molecule has 0 unspecified atom stereocenters. The Morgan fingerprint density at radius 2 is 1.89 bits per heavy atom. The molecule has 176 valence electrons. The van der Waals surface area contributed by atoms with Crippen LogP contribution in [0.3, 0.4) is 0 Å². The van der Waals surface area contributed by atoms with Crippen molar-refractivity contribution in [3.63, 3.8) is 0 Å². The third-order valence-electron chi connectivity index (χ3n) is 6.16. The summed E-state index contributed by atoms with van der Waals surface area (Å²) in [6, 6.07) is 18.3. The molecule has 0 fully saturated rings. The first kappa shape index (κ1) is 21.7. The first-order valence-corrected chi connectivity index (χ1v) is 11.6. The maximum Gasteiger partial charge on any atom is 0.224 e. The van der Waals surface area contributed by atoms with Crippen molar-refractivity contribution in [3.05, 3.63) is 85.1 Å². The molecule has 0 aliphatic heterocycles. The third-order valence-corrected chi connectivity index (χ3v) is 6.16. The van der Waals surface area contributed by atoms with Gasteiger partial charge in [0, 0.05) is 35.2 Å². The van der Waals surface area contributed by atoms with Crippen molar-refractivity contribution in [1.82, 2.24) is 25.1 Å². The number of nitrogens with zero attached hydrogens (tertiary/aromatic N) is 3. The van der Waals surface area contributed by atoms with Crippen molar-refractivity contribution in [3.8, 4) is 33.6 Å². The lowest BCUT2D eigenvalue weighted by Gasteiger charge is -2.06. The summed E-state index contributed by atoms with van der Waals surface area (Å²) in [4.78, 5) is 23.9. The van der Waals surface area contributed by atoms with Gasteiger partial charge in [-0.05, 0) is 59.2 Å². The quantitative estimate of drug-likeness (QED) is 0.271. The van der Waals surface area contributed by atoms with E-state index in [0.29, 0.717) is 17.8 Å². The summed E-state index contributed by atoms with van der Waals surface area (Å²) in [5, 5.41) is 12.3. The highest BCUT2D eigenvalue weighted by Crippen LogP contribution is 2.35. The van der Waals surface area contributed by atoms with Crippen molar-refractivity contribution < 1.29 is 9.18 Å². The second-order valence-electron chi connectivity index (χ2n) is 8.51. The summed E-state index contributed by atoms with van der Waals surface area (Å²) >= 11 is 0. The Morgan fingerprint density at radius 1 is 0.972 bits per heavy atom. The minimum absolute atomic E-state index is 0.0634. The van der Waals surface area contributed by atoms with E-state index in [0.717, 1.165) is 49.9 Å². The van der Waals surface area contributed by atoms with Crippen molar-refractivity contribution in [2.75, 3.05) is 5.32 Å². The van der Waals surface area contributed by atoms with Crippen molar-refractivity contribution in [1.29, 1.82) is 0 Å². The number of halogens is 1. The van der Waals surface area contributed by atoms with Gasteiger partial charge in [0.2, 0.25) is 5.91 Å². The van der Waals surface area contributed by atoms with Crippen molar-refractivity contribution >= 4 is 33.5 Å². The number of benzene rings is 2. The van der Waals surface area contributed by atoms with Crippen LogP contribution in [-0.4, -0.2) is 31.1 Å². The number of fused-ring (bicyclic) bond motifs is 2. The van der Waals surface area contributed by atoms with Crippen LogP contribution in [0, 0.1) is 5.82 Å². The van der Waals surface area contributed by atoms with Crippen LogP contribution in [0.15, 0.2) is 79.3 Å². The standard InChI is InChI=1S/C28H21FN6O/c1-2-26(36)32-20-11-18(14-30-15-20)16-6-7-24-23(12-16)27(35-34-24)25-13-22-21(8-9-31-28(22)33-25)17-4-3-5-19(29)10-17/h3-15H,2H2,1H3,(H,31,33)(H,32,36)(H,34,35). The van der Waals surface area contributed by atoms with E-state index in [2.05, 4.69) is 30.5 Å². The number of anilines is 1. The van der Waals surface area contributed by atoms with E-state index >= 15 is 0 Å². The molecular formula is C28H21FN6O. The smallest absolute Gasteiger partial charge is 0.224 e. The predicted octanol–water partition coefficient (Wildman–Crippen LogP) is 6.32. The van der Waals surface area contributed by atoms with E-state index in [9.17, 15) is 9.18 Å². The van der Waals surface area contributed by atoms with Crippen LogP contribution in [0.25, 0.3) is 55.6 Å². The largest absolute Gasteiger partial charge is 0.338 e. The fourth-order valence-electron chi connectivity index (χ4n) is 4.38. The van der Waals surface area contributed by atoms with Gasteiger partial charge < -0.3 is 10.3 Å². The number of carbonyl (C=O) groups excluding carboxylic acids is 1. The minimum Gasteiger partial charge on any atom is -0.338 e. The summed E-state index contributed by atoms with van der Waals surface area (Å²) in [7, 11) is 0. The van der Waals surface area contributed by atoms with Gasteiger partial charge in [0.05, 0.1) is 23.1 Å². The Balaban J connectivity index is 1.43. The number of nitrogens with one attached hydrogen (secondary N) is 3. The van der Waals surface area contributed by atoms with Gasteiger partial charge in [-0.2, -0.15) is 5.10 Å². The molecule has 36 heavy (non-hydrogen) atoms. The highest BCUT2D eigenvalue weighted by Gasteiger charge is 2.15. The summed E-state index contributed by atoms with van der Waals surface area (Å²) in [6.45, 7) is 1.81. The van der Waals surface area contributed by atoms with E-state index in [1.54, 1.807) is 24.7 Å². The molecule has 4 heterocycles. The molecule has 6 aromatic rings. The van der Waals surface area contributed by atoms with Crippen LogP contribution in [0.2, 0.25) is 0 Å². The molecule has 0 aliphatic carbocycles. The number of carbonyl (C=O) groups is 1. The fourth-order valence-corrected chi connectivity index (χ4v) is 4.38. The molecular weight excluding hydrogens is 455 g/mol. The Kier molecular flexibility index (Phi) is 5.26. The lowest BCUT2D eigenvalue weighted by molar-refractivity contribution is -0.115. The van der Waals surface area contributed by atoms with Crippen LogP contribution in [-0.2, 0) is 4.79 Å². The second kappa shape index (κ2) is 8.74. The number of amides is 1. The number of aromatic nitrogens is 5. The Morgan fingerprint density at radius 3 is 2.75 bits per heavy atom. The molecule has 3 N–H and O–H groups in total. The van der Waals surface area contributed by atoms with Crippen LogP contribution in [0.4, 0.5) is 10.1 Å². The highest BCUT2D eigenvalue weighted by atomic mass is 19.1. The first-order valence-electron chi connectivity index (χ1n) is 11.6. The van der Waals surface area contributed by atoms with E-state index in [1.165, 1.54) is 12.1 Å². The molecule has 0 aliphatic rings. The zero-order valence-corrected chi connectivity index (χ0v) is 19.3. The van der Waals surface area contributed by atoms with Crippen LogP contribution >= 0.6 is 0 Å². The zero-order valence-electron chi connectivity index (χ0n) is 19.3. The first-order chi connectivity index (χ1) is 17.6. The van der Waals surface area contributed by atoms with Gasteiger partial charge in [-0.3, -0.25) is 14.9 Å². The Hall–Kier alpha value is -4.85. The summed E-state index contributed by atoms with van der Waals surface area (Å²) in [5.41, 5.74) is 7.27. The Bertz CT molecular complexity index is 1750. The molecule has 0 radical (unpaired) electrons. The number of rotatable bonds is 5. The lowest BCUT2D eigenvalue weighted by Crippen LogP contribution is -2.09. The molecule has 0 atom stereocenters. The molecule has 4 aromatic heterocycles.